The van der Waals surface area contributed by atoms with Gasteiger partial charge in [-0.05, 0) is 48.8 Å². The third-order valence-electron chi connectivity index (χ3n) is 4.27. The molecule has 0 aromatic heterocycles. The highest BCUT2D eigenvalue weighted by Gasteiger charge is 2.18. The largest absolute Gasteiger partial charge is 0.374 e. The van der Waals surface area contributed by atoms with Crippen molar-refractivity contribution in [2.45, 2.75) is 71.8 Å². The van der Waals surface area contributed by atoms with E-state index in [2.05, 4.69) is 60.2 Å². The summed E-state index contributed by atoms with van der Waals surface area (Å²) in [4.78, 5) is 0. The van der Waals surface area contributed by atoms with Crippen molar-refractivity contribution in [1.82, 2.24) is 5.32 Å². The topological polar surface area (TPSA) is 21.3 Å². The van der Waals surface area contributed by atoms with Gasteiger partial charge in [-0.15, -0.1) is 0 Å². The van der Waals surface area contributed by atoms with Gasteiger partial charge in [-0.1, -0.05) is 48.8 Å². The molecule has 2 rings (SSSR count). The van der Waals surface area contributed by atoms with Crippen LogP contribution in [0.15, 0.2) is 22.7 Å². The highest BCUT2D eigenvalue weighted by molar-refractivity contribution is 9.10. The number of hydrogen-bond acceptors (Lipinski definition) is 2. The van der Waals surface area contributed by atoms with Gasteiger partial charge in [0.25, 0.3) is 0 Å². The first kappa shape index (κ1) is 17.0. The first-order valence-corrected chi connectivity index (χ1v) is 8.96. The first-order chi connectivity index (χ1) is 10.0. The van der Waals surface area contributed by atoms with Crippen molar-refractivity contribution < 1.29 is 4.74 Å². The van der Waals surface area contributed by atoms with Gasteiger partial charge in [-0.2, -0.15) is 0 Å². The molecule has 118 valence electrons. The molecule has 0 heterocycles. The number of ether oxygens (including phenoxy) is 1. The Labute approximate surface area is 137 Å². The second-order valence-electron chi connectivity index (χ2n) is 6.65. The fourth-order valence-corrected chi connectivity index (χ4v) is 3.28. The molecule has 0 bridgehead atoms. The van der Waals surface area contributed by atoms with Crippen LogP contribution in [0.1, 0.15) is 57.6 Å². The van der Waals surface area contributed by atoms with Crippen molar-refractivity contribution in [3.05, 3.63) is 33.8 Å². The van der Waals surface area contributed by atoms with Crippen LogP contribution in [0, 0.1) is 5.92 Å². The lowest BCUT2D eigenvalue weighted by Gasteiger charge is -2.26. The summed E-state index contributed by atoms with van der Waals surface area (Å²) in [6, 6.07) is 7.10. The van der Waals surface area contributed by atoms with Crippen LogP contribution >= 0.6 is 15.9 Å². The fourth-order valence-electron chi connectivity index (χ4n) is 2.74. The Balaban J connectivity index is 1.83. The van der Waals surface area contributed by atoms with Gasteiger partial charge < -0.3 is 10.1 Å². The predicted octanol–water partition coefficient (Wildman–Crippen LogP) is 5.04. The van der Waals surface area contributed by atoms with Gasteiger partial charge in [0.05, 0.1) is 12.7 Å². The van der Waals surface area contributed by atoms with Gasteiger partial charge in [-0.25, -0.2) is 0 Å². The third kappa shape index (κ3) is 5.72. The Morgan fingerprint density at radius 2 is 1.95 bits per heavy atom. The lowest BCUT2D eigenvalue weighted by molar-refractivity contribution is 0.00852. The van der Waals surface area contributed by atoms with E-state index in [1.165, 1.54) is 36.8 Å². The Morgan fingerprint density at radius 3 is 2.57 bits per heavy atom. The number of benzene rings is 1. The molecule has 1 aliphatic rings. The minimum Gasteiger partial charge on any atom is -0.374 e. The lowest BCUT2D eigenvalue weighted by atomic mass is 9.89. The molecule has 1 N–H and O–H groups in total. The third-order valence-corrected chi connectivity index (χ3v) is 5.01. The predicted molar refractivity (Wildman–Crippen MR) is 92.3 cm³/mol. The SMILES string of the molecule is CC1CCC(OCc2ccc(CNC(C)C)cc2Br)CC1. The average Bonchev–Trinajstić information content (AvgIpc) is 2.46. The van der Waals surface area contributed by atoms with Crippen molar-refractivity contribution in [3.8, 4) is 0 Å². The van der Waals surface area contributed by atoms with Gasteiger partial charge in [0.2, 0.25) is 0 Å². The van der Waals surface area contributed by atoms with Crippen LogP contribution < -0.4 is 5.32 Å². The molecule has 1 aliphatic carbocycles. The Kier molecular flexibility index (Phi) is 6.72. The highest BCUT2D eigenvalue weighted by atomic mass is 79.9. The van der Waals surface area contributed by atoms with Crippen LogP contribution in [0.4, 0.5) is 0 Å². The molecule has 0 unspecified atom stereocenters. The van der Waals surface area contributed by atoms with Crippen LogP contribution in [-0.2, 0) is 17.9 Å². The normalized spacial score (nSPS) is 22.7. The second-order valence-corrected chi connectivity index (χ2v) is 7.51. The highest BCUT2D eigenvalue weighted by Crippen LogP contribution is 2.27. The number of hydrogen-bond donors (Lipinski definition) is 1. The van der Waals surface area contributed by atoms with Crippen LogP contribution in [0.3, 0.4) is 0 Å². The van der Waals surface area contributed by atoms with E-state index in [1.54, 1.807) is 0 Å². The second kappa shape index (κ2) is 8.30. The van der Waals surface area contributed by atoms with Crippen LogP contribution in [0.25, 0.3) is 0 Å². The molecular formula is C18H28BrNO. The van der Waals surface area contributed by atoms with Crippen molar-refractivity contribution in [2.24, 2.45) is 5.92 Å². The molecule has 21 heavy (non-hydrogen) atoms. The molecule has 1 aromatic carbocycles. The zero-order valence-electron chi connectivity index (χ0n) is 13.5. The quantitative estimate of drug-likeness (QED) is 0.773. The summed E-state index contributed by atoms with van der Waals surface area (Å²) in [6.45, 7) is 8.32. The summed E-state index contributed by atoms with van der Waals surface area (Å²) in [5.41, 5.74) is 2.56. The molecule has 3 heteroatoms. The van der Waals surface area contributed by atoms with Gasteiger partial charge in [-0.3, -0.25) is 0 Å². The zero-order chi connectivity index (χ0) is 15.2. The number of nitrogens with one attached hydrogen (secondary N) is 1. The van der Waals surface area contributed by atoms with Crippen LogP contribution in [-0.4, -0.2) is 12.1 Å². The number of rotatable bonds is 6. The summed E-state index contributed by atoms with van der Waals surface area (Å²) < 4.78 is 7.25. The van der Waals surface area contributed by atoms with E-state index in [0.29, 0.717) is 12.1 Å². The van der Waals surface area contributed by atoms with E-state index in [1.807, 2.05) is 0 Å². The summed E-state index contributed by atoms with van der Waals surface area (Å²) >= 11 is 3.68. The molecule has 0 atom stereocenters. The maximum atomic E-state index is 6.09. The molecule has 1 aromatic rings. The van der Waals surface area contributed by atoms with Crippen LogP contribution in [0.5, 0.6) is 0 Å². The molecule has 0 spiro atoms. The van der Waals surface area contributed by atoms with Crippen LogP contribution in [0.2, 0.25) is 0 Å². The molecular weight excluding hydrogens is 326 g/mol. The maximum absolute atomic E-state index is 6.09. The smallest absolute Gasteiger partial charge is 0.0731 e. The van der Waals surface area contributed by atoms with Gasteiger partial charge >= 0.3 is 0 Å². The Hall–Kier alpha value is -0.380. The molecule has 0 radical (unpaired) electrons. The Bertz CT molecular complexity index is 439. The van der Waals surface area contributed by atoms with Crippen molar-refractivity contribution in [1.29, 1.82) is 0 Å². The van der Waals surface area contributed by atoms with Crippen molar-refractivity contribution in [3.63, 3.8) is 0 Å². The van der Waals surface area contributed by atoms with E-state index in [-0.39, 0.29) is 0 Å². The first-order valence-electron chi connectivity index (χ1n) is 8.17. The molecule has 2 nitrogen and oxygen atoms in total. The van der Waals surface area contributed by atoms with E-state index in [9.17, 15) is 0 Å². The minimum absolute atomic E-state index is 0.454. The molecule has 1 saturated carbocycles. The summed E-state index contributed by atoms with van der Waals surface area (Å²) in [5.74, 6) is 0.879. The fraction of sp³-hybridized carbons (Fsp3) is 0.667. The number of halogens is 1. The van der Waals surface area contributed by atoms with E-state index in [4.69, 9.17) is 4.74 Å². The standard InChI is InChI=1S/C18H28BrNO/c1-13(2)20-11-15-6-7-16(18(19)10-15)12-21-17-8-4-14(3)5-9-17/h6-7,10,13-14,17,20H,4-5,8-9,11-12H2,1-3H3. The average molecular weight is 354 g/mol. The molecule has 0 aliphatic heterocycles. The van der Waals surface area contributed by atoms with E-state index < -0.39 is 0 Å². The maximum Gasteiger partial charge on any atom is 0.0731 e. The minimum atomic E-state index is 0.454. The zero-order valence-corrected chi connectivity index (χ0v) is 15.1. The van der Waals surface area contributed by atoms with E-state index in [0.717, 1.165) is 23.5 Å². The van der Waals surface area contributed by atoms with Gasteiger partial charge in [0.1, 0.15) is 0 Å². The van der Waals surface area contributed by atoms with Gasteiger partial charge in [0.15, 0.2) is 0 Å². The van der Waals surface area contributed by atoms with Gasteiger partial charge in [0, 0.05) is 17.1 Å². The lowest BCUT2D eigenvalue weighted by Crippen LogP contribution is -2.22. The van der Waals surface area contributed by atoms with Crippen molar-refractivity contribution >= 4 is 15.9 Å². The monoisotopic (exact) mass is 353 g/mol. The molecule has 0 amide bonds. The van der Waals surface area contributed by atoms with Crippen molar-refractivity contribution in [2.75, 3.05) is 0 Å². The Morgan fingerprint density at radius 1 is 1.24 bits per heavy atom. The summed E-state index contributed by atoms with van der Waals surface area (Å²) in [7, 11) is 0. The molecule has 1 fully saturated rings. The van der Waals surface area contributed by atoms with E-state index >= 15 is 0 Å². The summed E-state index contributed by atoms with van der Waals surface area (Å²) in [5, 5.41) is 3.44. The summed E-state index contributed by atoms with van der Waals surface area (Å²) in [6.07, 6.45) is 5.51. The molecule has 0 saturated heterocycles.